The highest BCUT2D eigenvalue weighted by Crippen LogP contribution is 2.31. The van der Waals surface area contributed by atoms with Crippen LogP contribution >= 0.6 is 0 Å². The van der Waals surface area contributed by atoms with Crippen molar-refractivity contribution in [2.75, 3.05) is 18.0 Å². The molecule has 0 aromatic heterocycles. The van der Waals surface area contributed by atoms with Crippen molar-refractivity contribution >= 4 is 11.6 Å². The van der Waals surface area contributed by atoms with Gasteiger partial charge in [-0.25, -0.2) is 0 Å². The Morgan fingerprint density at radius 1 is 1.53 bits per heavy atom. The molecule has 1 aliphatic heterocycles. The summed E-state index contributed by atoms with van der Waals surface area (Å²) in [5, 5.41) is 3.58. The maximum absolute atomic E-state index is 12.2. The van der Waals surface area contributed by atoms with Crippen LogP contribution in [0, 0.1) is 12.8 Å². The van der Waals surface area contributed by atoms with Crippen LogP contribution in [0.2, 0.25) is 0 Å². The van der Waals surface area contributed by atoms with E-state index in [0.29, 0.717) is 19.5 Å². The fourth-order valence-corrected chi connectivity index (χ4v) is 2.66. The largest absolute Gasteiger partial charge is 0.312 e. The summed E-state index contributed by atoms with van der Waals surface area (Å²) in [4.78, 5) is 16.8. The van der Waals surface area contributed by atoms with Crippen LogP contribution in [0.4, 0.5) is 5.69 Å². The molecule has 0 N–H and O–H groups in total. The maximum Gasteiger partial charge on any atom is 0.227 e. The van der Waals surface area contributed by atoms with E-state index in [2.05, 4.69) is 23.0 Å². The molecule has 0 bridgehead atoms. The second kappa shape index (κ2) is 5.76. The number of carbonyl (C=O) groups excluding carboxylic acids is 1. The fraction of sp³-hybridized carbons (Fsp3) is 0.500. The smallest absolute Gasteiger partial charge is 0.227 e. The van der Waals surface area contributed by atoms with E-state index in [1.165, 1.54) is 5.56 Å². The van der Waals surface area contributed by atoms with Gasteiger partial charge in [-0.1, -0.05) is 30.2 Å². The second-order valence-electron chi connectivity index (χ2n) is 4.92. The lowest BCUT2D eigenvalue weighted by Crippen LogP contribution is -2.26. The number of nitrogens with zero attached hydrogens (tertiary/aromatic N) is 4. The molecule has 1 saturated heterocycles. The lowest BCUT2D eigenvalue weighted by molar-refractivity contribution is -0.117. The molecule has 1 aliphatic rings. The predicted molar refractivity (Wildman–Crippen MR) is 75.0 cm³/mol. The minimum Gasteiger partial charge on any atom is -0.312 e. The third-order valence-electron chi connectivity index (χ3n) is 3.58. The standard InChI is InChI=1S/C14H18N4O/c1-3-12-6-4-5-10(2)14(12)18-9-11(7-13(18)19)8-16-17-15/h4-6,11H,3,7-9H2,1-2H3. The SMILES string of the molecule is CCc1cccc(C)c1N1CC(CN=[N+]=[N-])CC1=O. The molecule has 100 valence electrons. The average molecular weight is 258 g/mol. The highest BCUT2D eigenvalue weighted by Gasteiger charge is 2.31. The first kappa shape index (κ1) is 13.4. The Labute approximate surface area is 112 Å². The summed E-state index contributed by atoms with van der Waals surface area (Å²) >= 11 is 0. The molecule has 1 fully saturated rings. The Hall–Kier alpha value is -2.00. The number of benzene rings is 1. The molecular weight excluding hydrogens is 240 g/mol. The zero-order chi connectivity index (χ0) is 13.8. The molecule has 5 nitrogen and oxygen atoms in total. The van der Waals surface area contributed by atoms with Crippen LogP contribution in [0.25, 0.3) is 10.4 Å². The summed E-state index contributed by atoms with van der Waals surface area (Å²) in [7, 11) is 0. The Balaban J connectivity index is 2.27. The molecule has 1 aromatic carbocycles. The normalized spacial score (nSPS) is 18.5. The van der Waals surface area contributed by atoms with Crippen molar-refractivity contribution in [3.63, 3.8) is 0 Å². The number of azide groups is 1. The second-order valence-corrected chi connectivity index (χ2v) is 4.92. The maximum atomic E-state index is 12.2. The van der Waals surface area contributed by atoms with Gasteiger partial charge >= 0.3 is 0 Å². The van der Waals surface area contributed by atoms with Crippen LogP contribution in [0.5, 0.6) is 0 Å². The van der Waals surface area contributed by atoms with Gasteiger partial charge in [0, 0.05) is 30.1 Å². The van der Waals surface area contributed by atoms with E-state index in [4.69, 9.17) is 5.53 Å². The Bertz CT molecular complexity index is 534. The van der Waals surface area contributed by atoms with E-state index in [0.717, 1.165) is 17.7 Å². The van der Waals surface area contributed by atoms with Crippen LogP contribution in [0.3, 0.4) is 0 Å². The third kappa shape index (κ3) is 2.71. The average Bonchev–Trinajstić information content (AvgIpc) is 2.77. The minimum atomic E-state index is 0.127. The molecule has 1 unspecified atom stereocenters. The molecule has 2 rings (SSSR count). The monoisotopic (exact) mass is 258 g/mol. The van der Waals surface area contributed by atoms with E-state index in [1.54, 1.807) is 0 Å². The van der Waals surface area contributed by atoms with Gasteiger partial charge in [0.15, 0.2) is 0 Å². The number of amides is 1. The number of aryl methyl sites for hydroxylation is 2. The van der Waals surface area contributed by atoms with Gasteiger partial charge < -0.3 is 4.90 Å². The molecule has 19 heavy (non-hydrogen) atoms. The van der Waals surface area contributed by atoms with Crippen molar-refractivity contribution in [2.24, 2.45) is 11.0 Å². The summed E-state index contributed by atoms with van der Waals surface area (Å²) in [5.74, 6) is 0.259. The molecule has 0 saturated carbocycles. The topological polar surface area (TPSA) is 69.1 Å². The van der Waals surface area contributed by atoms with Crippen molar-refractivity contribution < 1.29 is 4.79 Å². The summed E-state index contributed by atoms with van der Waals surface area (Å²) in [6, 6.07) is 6.12. The molecular formula is C14H18N4O. The molecule has 0 spiro atoms. The van der Waals surface area contributed by atoms with Gasteiger partial charge in [0.25, 0.3) is 0 Å². The Kier molecular flexibility index (Phi) is 4.07. The number of hydrogen-bond donors (Lipinski definition) is 0. The molecule has 1 atom stereocenters. The van der Waals surface area contributed by atoms with Gasteiger partial charge in [-0.3, -0.25) is 4.79 Å². The van der Waals surface area contributed by atoms with Gasteiger partial charge in [-0.15, -0.1) is 0 Å². The van der Waals surface area contributed by atoms with Gasteiger partial charge in [0.2, 0.25) is 5.91 Å². The highest BCUT2D eigenvalue weighted by molar-refractivity contribution is 5.97. The Morgan fingerprint density at radius 2 is 2.32 bits per heavy atom. The van der Waals surface area contributed by atoms with Crippen LogP contribution in [-0.4, -0.2) is 19.0 Å². The summed E-state index contributed by atoms with van der Waals surface area (Å²) < 4.78 is 0. The van der Waals surface area contributed by atoms with E-state index >= 15 is 0 Å². The van der Waals surface area contributed by atoms with E-state index in [9.17, 15) is 4.79 Å². The van der Waals surface area contributed by atoms with Crippen molar-refractivity contribution in [3.8, 4) is 0 Å². The number of para-hydroxylation sites is 1. The lowest BCUT2D eigenvalue weighted by atomic mass is 10.0. The van der Waals surface area contributed by atoms with E-state index < -0.39 is 0 Å². The summed E-state index contributed by atoms with van der Waals surface area (Å²) in [5.41, 5.74) is 11.7. The van der Waals surface area contributed by atoms with Crippen molar-refractivity contribution in [2.45, 2.75) is 26.7 Å². The molecule has 1 heterocycles. The van der Waals surface area contributed by atoms with Crippen LogP contribution in [-0.2, 0) is 11.2 Å². The van der Waals surface area contributed by atoms with Crippen LogP contribution in [0.1, 0.15) is 24.5 Å². The van der Waals surface area contributed by atoms with Crippen molar-refractivity contribution in [1.29, 1.82) is 0 Å². The number of rotatable bonds is 4. The van der Waals surface area contributed by atoms with Crippen LogP contribution < -0.4 is 4.90 Å². The Morgan fingerprint density at radius 3 is 3.00 bits per heavy atom. The van der Waals surface area contributed by atoms with E-state index in [-0.39, 0.29) is 11.8 Å². The van der Waals surface area contributed by atoms with Gasteiger partial charge in [-0.2, -0.15) is 0 Å². The predicted octanol–water partition coefficient (Wildman–Crippen LogP) is 3.22. The number of hydrogen-bond acceptors (Lipinski definition) is 2. The highest BCUT2D eigenvalue weighted by atomic mass is 16.2. The molecule has 0 aliphatic carbocycles. The minimum absolute atomic E-state index is 0.127. The molecule has 1 aromatic rings. The first-order chi connectivity index (χ1) is 9.17. The van der Waals surface area contributed by atoms with Crippen molar-refractivity contribution in [1.82, 2.24) is 0 Å². The number of anilines is 1. The molecule has 5 heteroatoms. The first-order valence-electron chi connectivity index (χ1n) is 6.57. The number of carbonyl (C=O) groups is 1. The molecule has 0 radical (unpaired) electrons. The lowest BCUT2D eigenvalue weighted by Gasteiger charge is -2.22. The fourth-order valence-electron chi connectivity index (χ4n) is 2.66. The van der Waals surface area contributed by atoms with Crippen LogP contribution in [0.15, 0.2) is 23.3 Å². The summed E-state index contributed by atoms with van der Waals surface area (Å²) in [6.45, 7) is 5.17. The molecule has 1 amide bonds. The third-order valence-corrected chi connectivity index (χ3v) is 3.58. The quantitative estimate of drug-likeness (QED) is 0.464. The van der Waals surface area contributed by atoms with Gasteiger partial charge in [0.05, 0.1) is 0 Å². The zero-order valence-electron chi connectivity index (χ0n) is 11.3. The van der Waals surface area contributed by atoms with E-state index in [1.807, 2.05) is 24.0 Å². The first-order valence-corrected chi connectivity index (χ1v) is 6.57. The van der Waals surface area contributed by atoms with Crippen molar-refractivity contribution in [3.05, 3.63) is 39.8 Å². The van der Waals surface area contributed by atoms with Gasteiger partial charge in [0.1, 0.15) is 0 Å². The van der Waals surface area contributed by atoms with Gasteiger partial charge in [-0.05, 0) is 35.9 Å². The zero-order valence-corrected chi connectivity index (χ0v) is 11.3. The summed E-state index contributed by atoms with van der Waals surface area (Å²) in [6.07, 6.45) is 1.37.